The Morgan fingerprint density at radius 3 is 2.19 bits per heavy atom. The van der Waals surface area contributed by atoms with Gasteiger partial charge >= 0.3 is 12.2 Å². The molecule has 5 aromatic rings. The number of ether oxygens (including phenoxy) is 3. The number of alkyl carbamates (subject to hydrolysis) is 1. The fourth-order valence-corrected chi connectivity index (χ4v) is 9.66. The van der Waals surface area contributed by atoms with E-state index < -0.39 is 24.3 Å². The van der Waals surface area contributed by atoms with Crippen LogP contribution in [0.4, 0.5) is 9.59 Å². The van der Waals surface area contributed by atoms with Gasteiger partial charge in [0.1, 0.15) is 36.1 Å². The maximum atomic E-state index is 14.1. The SMILES string of the molecule is CC[C@@H](C)C(NC(=O)O)C(=O)N1C[C@@H](COC)C[C@H]1c1nc2ccc3cc4c(cc3c2[nH]1)OCc1cc(-c2cnc([C@@H]3C[C@H](C)CN3C(=O)[C@@H](NC(=O)OC)[C@H](C)CC)[nH]2)ccc1-4.C[C](C)C. The molecule has 1 unspecified atom stereocenters. The summed E-state index contributed by atoms with van der Waals surface area (Å²) in [6, 6.07) is 12.3. The second kappa shape index (κ2) is 20.8. The lowest BCUT2D eigenvalue weighted by Gasteiger charge is -2.30. The smallest absolute Gasteiger partial charge is 0.407 e. The molecular formula is C51H67N8O8. The molecule has 4 amide bonds. The average molecular weight is 920 g/mol. The Morgan fingerprint density at radius 1 is 0.866 bits per heavy atom. The maximum absolute atomic E-state index is 14.1. The Kier molecular flexibility index (Phi) is 15.1. The number of nitrogens with one attached hydrogen (secondary N) is 4. The van der Waals surface area contributed by atoms with Gasteiger partial charge in [0, 0.05) is 37.1 Å². The molecule has 2 fully saturated rings. The summed E-state index contributed by atoms with van der Waals surface area (Å²) in [5.41, 5.74) is 6.44. The second-order valence-corrected chi connectivity index (χ2v) is 19.2. The Morgan fingerprint density at radius 2 is 1.54 bits per heavy atom. The van der Waals surface area contributed by atoms with Crippen molar-refractivity contribution in [3.8, 4) is 28.1 Å². The van der Waals surface area contributed by atoms with E-state index >= 15 is 0 Å². The Hall–Kier alpha value is -6.16. The Bertz CT molecular complexity index is 2590. The number of fused-ring (bicyclic) bond motifs is 6. The number of carbonyl (C=O) groups excluding carboxylic acids is 3. The molecule has 67 heavy (non-hydrogen) atoms. The van der Waals surface area contributed by atoms with Crippen LogP contribution in [0.15, 0.2) is 48.7 Å². The molecule has 2 saturated heterocycles. The summed E-state index contributed by atoms with van der Waals surface area (Å²) in [5.74, 6) is 3.16. The van der Waals surface area contributed by atoms with E-state index in [1.807, 2.05) is 50.9 Å². The predicted molar refractivity (Wildman–Crippen MR) is 257 cm³/mol. The summed E-state index contributed by atoms with van der Waals surface area (Å²) in [4.78, 5) is 72.4. The minimum atomic E-state index is -1.23. The number of amides is 4. The average Bonchev–Trinajstić information content (AvgIpc) is 4.14. The molecule has 8 atom stereocenters. The molecular weight excluding hydrogens is 853 g/mol. The number of benzene rings is 3. The van der Waals surface area contributed by atoms with Crippen molar-refractivity contribution >= 4 is 45.8 Å². The predicted octanol–water partition coefficient (Wildman–Crippen LogP) is 9.18. The summed E-state index contributed by atoms with van der Waals surface area (Å²) >= 11 is 0. The van der Waals surface area contributed by atoms with Crippen LogP contribution in [0.3, 0.4) is 0 Å². The summed E-state index contributed by atoms with van der Waals surface area (Å²) in [6.07, 6.45) is 2.69. The number of carbonyl (C=O) groups is 4. The second-order valence-electron chi connectivity index (χ2n) is 19.2. The molecule has 8 rings (SSSR count). The van der Waals surface area contributed by atoms with Crippen LogP contribution in [-0.2, 0) is 25.7 Å². The van der Waals surface area contributed by atoms with Crippen LogP contribution in [0.1, 0.15) is 110 Å². The monoisotopic (exact) mass is 920 g/mol. The van der Waals surface area contributed by atoms with Crippen LogP contribution in [0.25, 0.3) is 44.2 Å². The number of carboxylic acid groups (broad SMARTS) is 1. The van der Waals surface area contributed by atoms with Crippen molar-refractivity contribution in [2.75, 3.05) is 33.9 Å². The van der Waals surface area contributed by atoms with Crippen LogP contribution < -0.4 is 15.4 Å². The fraction of sp³-hybridized carbons (Fsp3) is 0.510. The topological polar surface area (TPSA) is 204 Å². The first-order valence-corrected chi connectivity index (χ1v) is 23.5. The molecule has 5 heterocycles. The molecule has 16 nitrogen and oxygen atoms in total. The number of hydrogen-bond acceptors (Lipinski definition) is 9. The van der Waals surface area contributed by atoms with E-state index in [4.69, 9.17) is 24.2 Å². The minimum Gasteiger partial charge on any atom is -0.488 e. The highest BCUT2D eigenvalue weighted by molar-refractivity contribution is 6.07. The molecule has 3 aliphatic rings. The zero-order valence-corrected chi connectivity index (χ0v) is 40.5. The largest absolute Gasteiger partial charge is 0.488 e. The van der Waals surface area contributed by atoms with Crippen molar-refractivity contribution in [1.29, 1.82) is 0 Å². The Balaban J connectivity index is 0.00000160. The number of methoxy groups -OCH3 is 2. The van der Waals surface area contributed by atoms with Gasteiger partial charge in [-0.2, -0.15) is 0 Å². The van der Waals surface area contributed by atoms with Gasteiger partial charge in [-0.25, -0.2) is 19.6 Å². The van der Waals surface area contributed by atoms with E-state index in [9.17, 15) is 24.3 Å². The van der Waals surface area contributed by atoms with E-state index in [2.05, 4.69) is 78.6 Å². The molecule has 0 bridgehead atoms. The van der Waals surface area contributed by atoms with Gasteiger partial charge in [-0.1, -0.05) is 86.4 Å². The number of rotatable bonds is 13. The van der Waals surface area contributed by atoms with Crippen LogP contribution in [0, 0.1) is 29.6 Å². The summed E-state index contributed by atoms with van der Waals surface area (Å²) < 4.78 is 16.8. The van der Waals surface area contributed by atoms with Crippen LogP contribution in [0.5, 0.6) is 5.75 Å². The van der Waals surface area contributed by atoms with Gasteiger partial charge in [0.25, 0.3) is 0 Å². The molecule has 5 N–H and O–H groups in total. The van der Waals surface area contributed by atoms with E-state index in [0.717, 1.165) is 61.9 Å². The highest BCUT2D eigenvalue weighted by atomic mass is 16.5. The van der Waals surface area contributed by atoms with Crippen molar-refractivity contribution in [2.45, 2.75) is 112 Å². The van der Waals surface area contributed by atoms with E-state index in [-0.39, 0.29) is 47.6 Å². The first kappa shape index (κ1) is 48.8. The summed E-state index contributed by atoms with van der Waals surface area (Å²) in [5, 5.41) is 16.8. The first-order chi connectivity index (χ1) is 32.0. The van der Waals surface area contributed by atoms with Gasteiger partial charge in [-0.3, -0.25) is 9.59 Å². The summed E-state index contributed by atoms with van der Waals surface area (Å²) in [6.45, 7) is 18.0. The van der Waals surface area contributed by atoms with Crippen molar-refractivity contribution in [1.82, 2.24) is 40.4 Å². The number of aromatic nitrogens is 4. The number of imidazole rings is 2. The first-order valence-electron chi connectivity index (χ1n) is 23.5. The van der Waals surface area contributed by atoms with E-state index in [0.29, 0.717) is 57.2 Å². The number of H-pyrrole nitrogens is 2. The van der Waals surface area contributed by atoms with Gasteiger partial charge in [0.2, 0.25) is 11.8 Å². The molecule has 2 aromatic heterocycles. The van der Waals surface area contributed by atoms with Crippen molar-refractivity contribution < 1.29 is 38.5 Å². The quantitative estimate of drug-likeness (QED) is 0.0758. The lowest BCUT2D eigenvalue weighted by atomic mass is 9.92. The van der Waals surface area contributed by atoms with Gasteiger partial charge in [0.05, 0.1) is 48.7 Å². The van der Waals surface area contributed by atoms with Crippen molar-refractivity contribution in [3.05, 3.63) is 71.8 Å². The lowest BCUT2D eigenvalue weighted by Crippen LogP contribution is -2.51. The fourth-order valence-electron chi connectivity index (χ4n) is 9.66. The third-order valence-corrected chi connectivity index (χ3v) is 13.5. The number of likely N-dealkylation sites (tertiary alicyclic amines) is 2. The third kappa shape index (κ3) is 10.4. The highest BCUT2D eigenvalue weighted by Gasteiger charge is 2.43. The molecule has 3 aliphatic heterocycles. The van der Waals surface area contributed by atoms with Crippen LogP contribution in [-0.4, -0.2) is 105 Å². The highest BCUT2D eigenvalue weighted by Crippen LogP contribution is 2.44. The van der Waals surface area contributed by atoms with Crippen LogP contribution in [0.2, 0.25) is 0 Å². The molecule has 16 heteroatoms. The molecule has 3 aromatic carbocycles. The number of aromatic amines is 2. The molecule has 359 valence electrons. The molecule has 0 aliphatic carbocycles. The lowest BCUT2D eigenvalue weighted by molar-refractivity contribution is -0.136. The summed E-state index contributed by atoms with van der Waals surface area (Å²) in [7, 11) is 2.94. The van der Waals surface area contributed by atoms with Gasteiger partial charge in [-0.05, 0) is 82.9 Å². The van der Waals surface area contributed by atoms with Crippen LogP contribution >= 0.6 is 0 Å². The van der Waals surface area contributed by atoms with Crippen molar-refractivity contribution in [2.24, 2.45) is 23.7 Å². The standard InChI is InChI=1S/C47H58N8O8.C4H9/c1-8-25(4)39(52-46(58)59)44(56)55-21-27(22-61-6)15-37(55)43-49-34-13-11-28-17-33-31-12-10-29(16-30(31)23-63-38(33)18-32(28)41(34)51-43)35-19-48-42(50-35)36-14-24(3)20-54(36)45(57)40(26(5)9-2)53-47(60)62-7;1-4(2)3/h10-13,16-19,24-27,36-37,39-40,52H,8-9,14-15,20-23H2,1-7H3,(H,48,50)(H,49,51)(H,53,60)(H,58,59);1-3H3/t24-,25+,26+,27-,36-,37-,39?,40-;/m0./s1. The maximum Gasteiger partial charge on any atom is 0.407 e. The number of hydrogen-bond donors (Lipinski definition) is 5. The van der Waals surface area contributed by atoms with Gasteiger partial charge in [0.15, 0.2) is 0 Å². The zero-order valence-electron chi connectivity index (χ0n) is 40.5. The van der Waals surface area contributed by atoms with Gasteiger partial charge in [-0.15, -0.1) is 0 Å². The van der Waals surface area contributed by atoms with E-state index in [1.54, 1.807) is 12.0 Å². The number of nitrogens with zero attached hydrogens (tertiary/aromatic N) is 4. The van der Waals surface area contributed by atoms with Gasteiger partial charge < -0.3 is 49.7 Å². The van der Waals surface area contributed by atoms with E-state index in [1.165, 1.54) is 13.0 Å². The molecule has 0 spiro atoms. The van der Waals surface area contributed by atoms with Crippen molar-refractivity contribution in [3.63, 3.8) is 0 Å². The molecule has 0 saturated carbocycles. The Labute approximate surface area is 392 Å². The normalized spacial score (nSPS) is 20.6. The third-order valence-electron chi connectivity index (χ3n) is 13.5. The molecule has 1 radical (unpaired) electrons. The zero-order chi connectivity index (χ0) is 48.3. The minimum absolute atomic E-state index is 0.0652.